The largest absolute Gasteiger partial charge is 0.490 e. The number of carbonyl (C=O) groups excluding carboxylic acids is 1. The molecule has 174 valence electrons. The van der Waals surface area contributed by atoms with Crippen LogP contribution in [0.3, 0.4) is 0 Å². The van der Waals surface area contributed by atoms with E-state index in [1.54, 1.807) is 7.11 Å². The summed E-state index contributed by atoms with van der Waals surface area (Å²) in [6.45, 7) is 6.12. The number of benzene rings is 1. The van der Waals surface area contributed by atoms with E-state index in [1.165, 1.54) is 11.8 Å². The molecule has 4 rings (SSSR count). The second kappa shape index (κ2) is 9.70. The lowest BCUT2D eigenvalue weighted by molar-refractivity contribution is -0.117. The Hall–Kier alpha value is -3.27. The van der Waals surface area contributed by atoms with E-state index in [4.69, 9.17) is 14.7 Å². The third-order valence-corrected chi connectivity index (χ3v) is 6.24. The molecule has 0 bridgehead atoms. The van der Waals surface area contributed by atoms with E-state index in [0.717, 1.165) is 29.1 Å². The zero-order valence-corrected chi connectivity index (χ0v) is 20.3. The van der Waals surface area contributed by atoms with Crippen LogP contribution in [0.15, 0.2) is 40.4 Å². The van der Waals surface area contributed by atoms with Crippen molar-refractivity contribution < 1.29 is 9.53 Å². The molecule has 2 aromatic heterocycles. The molecule has 2 heterocycles. The number of aromatic amines is 1. The number of aryl methyl sites for hydroxylation is 1. The molecule has 1 aliphatic rings. The fourth-order valence-electron chi connectivity index (χ4n) is 3.13. The van der Waals surface area contributed by atoms with E-state index >= 15 is 0 Å². The molecule has 1 saturated carbocycles. The van der Waals surface area contributed by atoms with Crippen LogP contribution >= 0.6 is 11.8 Å². The Morgan fingerprint density at radius 3 is 2.55 bits per heavy atom. The van der Waals surface area contributed by atoms with Crippen LogP contribution in [0.25, 0.3) is 0 Å². The van der Waals surface area contributed by atoms with Gasteiger partial charge in [-0.2, -0.15) is 5.10 Å². The SMILES string of the molecule is COc1c(Nc2cc(C)[nH]n2)nc(Sc2ccc(NC(=O)C3CC3)cc2)nc1N(C)C(C)C. The number of aromatic nitrogens is 4. The van der Waals surface area contributed by atoms with E-state index in [9.17, 15) is 4.79 Å². The highest BCUT2D eigenvalue weighted by atomic mass is 32.2. The van der Waals surface area contributed by atoms with Crippen LogP contribution in [-0.2, 0) is 4.79 Å². The van der Waals surface area contributed by atoms with E-state index in [-0.39, 0.29) is 17.9 Å². The summed E-state index contributed by atoms with van der Waals surface area (Å²) in [6, 6.07) is 9.82. The van der Waals surface area contributed by atoms with Gasteiger partial charge in [-0.25, -0.2) is 9.97 Å². The van der Waals surface area contributed by atoms with E-state index in [2.05, 4.69) is 34.7 Å². The van der Waals surface area contributed by atoms with Crippen molar-refractivity contribution in [1.82, 2.24) is 20.2 Å². The number of nitrogens with zero attached hydrogens (tertiary/aromatic N) is 4. The molecule has 0 aliphatic heterocycles. The van der Waals surface area contributed by atoms with Crippen LogP contribution in [0.4, 0.5) is 23.1 Å². The summed E-state index contributed by atoms with van der Waals surface area (Å²) in [7, 11) is 3.59. The van der Waals surface area contributed by atoms with Crippen molar-refractivity contribution in [3.8, 4) is 5.75 Å². The molecule has 3 aromatic rings. The highest BCUT2D eigenvalue weighted by Crippen LogP contribution is 2.38. The number of amides is 1. The number of nitrogens with one attached hydrogen (secondary N) is 3. The molecule has 1 aliphatic carbocycles. The lowest BCUT2D eigenvalue weighted by Crippen LogP contribution is -2.27. The van der Waals surface area contributed by atoms with Crippen LogP contribution < -0.4 is 20.3 Å². The molecule has 0 radical (unpaired) electrons. The minimum Gasteiger partial charge on any atom is -0.490 e. The van der Waals surface area contributed by atoms with E-state index in [1.807, 2.05) is 49.2 Å². The molecule has 1 aromatic carbocycles. The fourth-order valence-corrected chi connectivity index (χ4v) is 3.88. The maximum absolute atomic E-state index is 12.0. The third kappa shape index (κ3) is 5.57. The number of rotatable bonds is 9. The van der Waals surface area contributed by atoms with Crippen molar-refractivity contribution >= 4 is 40.8 Å². The van der Waals surface area contributed by atoms with Gasteiger partial charge in [-0.05, 0) is 69.6 Å². The lowest BCUT2D eigenvalue weighted by Gasteiger charge is -2.25. The lowest BCUT2D eigenvalue weighted by atomic mass is 10.3. The van der Waals surface area contributed by atoms with Gasteiger partial charge in [0, 0.05) is 41.4 Å². The number of anilines is 4. The molecule has 0 atom stereocenters. The maximum Gasteiger partial charge on any atom is 0.227 e. The minimum atomic E-state index is 0.0968. The number of methoxy groups -OCH3 is 1. The maximum atomic E-state index is 12.0. The second-order valence-corrected chi connectivity index (χ2v) is 9.41. The Morgan fingerprint density at radius 1 is 1.24 bits per heavy atom. The summed E-state index contributed by atoms with van der Waals surface area (Å²) in [4.78, 5) is 24.5. The molecule has 0 saturated heterocycles. The highest BCUT2D eigenvalue weighted by molar-refractivity contribution is 7.99. The van der Waals surface area contributed by atoms with Gasteiger partial charge in [0.1, 0.15) is 0 Å². The third-order valence-electron chi connectivity index (χ3n) is 5.37. The van der Waals surface area contributed by atoms with Crippen molar-refractivity contribution in [1.29, 1.82) is 0 Å². The fraction of sp³-hybridized carbons (Fsp3) is 0.391. The van der Waals surface area contributed by atoms with Crippen LogP contribution in [0.5, 0.6) is 5.75 Å². The minimum absolute atomic E-state index is 0.0968. The number of ether oxygens (including phenoxy) is 1. The molecule has 1 amide bonds. The Kier molecular flexibility index (Phi) is 6.73. The normalized spacial score (nSPS) is 13.2. The first-order valence-electron chi connectivity index (χ1n) is 10.9. The predicted octanol–water partition coefficient (Wildman–Crippen LogP) is 4.60. The van der Waals surface area contributed by atoms with E-state index in [0.29, 0.717) is 28.4 Å². The topological polar surface area (TPSA) is 108 Å². The molecular weight excluding hydrogens is 438 g/mol. The Morgan fingerprint density at radius 2 is 1.97 bits per heavy atom. The number of carbonyl (C=O) groups is 1. The molecular formula is C23H29N7O2S. The summed E-state index contributed by atoms with van der Waals surface area (Å²) in [6.07, 6.45) is 1.96. The van der Waals surface area contributed by atoms with Gasteiger partial charge in [0.05, 0.1) is 7.11 Å². The van der Waals surface area contributed by atoms with Crippen LogP contribution in [0.1, 0.15) is 32.4 Å². The van der Waals surface area contributed by atoms with Crippen molar-refractivity contribution in [2.75, 3.05) is 29.7 Å². The van der Waals surface area contributed by atoms with Crippen molar-refractivity contribution in [2.24, 2.45) is 5.92 Å². The number of hydrogen-bond donors (Lipinski definition) is 3. The predicted molar refractivity (Wildman–Crippen MR) is 131 cm³/mol. The molecule has 0 spiro atoms. The zero-order chi connectivity index (χ0) is 23.5. The first-order valence-corrected chi connectivity index (χ1v) is 11.7. The monoisotopic (exact) mass is 467 g/mol. The van der Waals surface area contributed by atoms with E-state index < -0.39 is 0 Å². The van der Waals surface area contributed by atoms with Crippen molar-refractivity contribution in [3.63, 3.8) is 0 Å². The van der Waals surface area contributed by atoms with Gasteiger partial charge in [-0.3, -0.25) is 9.89 Å². The highest BCUT2D eigenvalue weighted by Gasteiger charge is 2.29. The average Bonchev–Trinajstić information content (AvgIpc) is 3.56. The smallest absolute Gasteiger partial charge is 0.227 e. The summed E-state index contributed by atoms with van der Waals surface area (Å²) in [5.41, 5.74) is 1.73. The van der Waals surface area contributed by atoms with Crippen molar-refractivity contribution in [2.45, 2.75) is 49.7 Å². The molecule has 0 unspecified atom stereocenters. The molecule has 9 nitrogen and oxygen atoms in total. The Bertz CT molecular complexity index is 1130. The number of hydrogen-bond acceptors (Lipinski definition) is 8. The van der Waals surface area contributed by atoms with Gasteiger partial charge in [0.15, 0.2) is 22.6 Å². The summed E-state index contributed by atoms with van der Waals surface area (Å²) < 4.78 is 5.69. The Balaban J connectivity index is 1.61. The quantitative estimate of drug-likeness (QED) is 0.392. The van der Waals surface area contributed by atoms with Gasteiger partial charge >= 0.3 is 0 Å². The first kappa shape index (κ1) is 22.9. The molecule has 33 heavy (non-hydrogen) atoms. The van der Waals surface area contributed by atoms with Crippen LogP contribution in [0.2, 0.25) is 0 Å². The molecule has 10 heteroatoms. The van der Waals surface area contributed by atoms with Crippen LogP contribution in [0, 0.1) is 12.8 Å². The first-order chi connectivity index (χ1) is 15.8. The van der Waals surface area contributed by atoms with Gasteiger partial charge in [-0.1, -0.05) is 0 Å². The standard InChI is InChI=1S/C23H29N7O2S/c1-13(2)30(4)21-19(32-5)20(25-18-12-14(3)28-29-18)26-23(27-21)33-17-10-8-16(9-11-17)24-22(31)15-6-7-15/h8-13,15H,6-7H2,1-5H3,(H,24,31)(H2,25,26,27,28,29). The van der Waals surface area contributed by atoms with Crippen LogP contribution in [-0.4, -0.2) is 46.3 Å². The zero-order valence-electron chi connectivity index (χ0n) is 19.5. The Labute approximate surface area is 197 Å². The van der Waals surface area contributed by atoms with Gasteiger partial charge < -0.3 is 20.3 Å². The summed E-state index contributed by atoms with van der Waals surface area (Å²) >= 11 is 1.44. The number of H-pyrrole nitrogens is 1. The summed E-state index contributed by atoms with van der Waals surface area (Å²) in [5.74, 6) is 2.70. The second-order valence-electron chi connectivity index (χ2n) is 8.37. The molecule has 1 fully saturated rings. The van der Waals surface area contributed by atoms with Gasteiger partial charge in [0.2, 0.25) is 11.7 Å². The average molecular weight is 468 g/mol. The molecule has 3 N–H and O–H groups in total. The van der Waals surface area contributed by atoms with Gasteiger partial charge in [0.25, 0.3) is 0 Å². The summed E-state index contributed by atoms with van der Waals surface area (Å²) in [5, 5.41) is 14.0. The van der Waals surface area contributed by atoms with Gasteiger partial charge in [-0.15, -0.1) is 0 Å². The van der Waals surface area contributed by atoms with Crippen molar-refractivity contribution in [3.05, 3.63) is 36.0 Å².